The predicted molar refractivity (Wildman–Crippen MR) is 114 cm³/mol. The number of hydrogen-bond donors (Lipinski definition) is 1. The van der Waals surface area contributed by atoms with Crippen molar-refractivity contribution in [1.29, 1.82) is 0 Å². The van der Waals surface area contributed by atoms with E-state index in [-0.39, 0.29) is 5.91 Å². The molecule has 6 heteroatoms. The number of aromatic nitrogens is 1. The predicted octanol–water partition coefficient (Wildman–Crippen LogP) is 4.90. The van der Waals surface area contributed by atoms with Crippen molar-refractivity contribution in [3.8, 4) is 5.75 Å². The van der Waals surface area contributed by atoms with Crippen LogP contribution in [0.2, 0.25) is 0 Å². The Balaban J connectivity index is 1.48. The number of amides is 1. The van der Waals surface area contributed by atoms with E-state index in [1.807, 2.05) is 62.4 Å². The first-order valence-corrected chi connectivity index (χ1v) is 9.92. The molecule has 4 aromatic rings. The Kier molecular flexibility index (Phi) is 5.57. The second kappa shape index (κ2) is 8.45. The lowest BCUT2D eigenvalue weighted by Gasteiger charge is -2.07. The standard InChI is InChI=1S/C24H24N2O4/c1-15-20(16(2)30-26-15)11-12-25-24(27)23-17(3)29-22-10-9-19(13-21(22)23)28-14-18-7-5-4-6-8-18/h4-10,13H,11-12,14H2,1-3H3,(H,25,27). The fourth-order valence-electron chi connectivity index (χ4n) is 3.56. The first kappa shape index (κ1) is 19.8. The molecule has 0 aliphatic rings. The third-order valence-electron chi connectivity index (χ3n) is 5.15. The fourth-order valence-corrected chi connectivity index (χ4v) is 3.56. The normalized spacial score (nSPS) is 11.0. The highest BCUT2D eigenvalue weighted by Gasteiger charge is 2.19. The molecule has 2 aromatic heterocycles. The van der Waals surface area contributed by atoms with E-state index in [1.54, 1.807) is 6.92 Å². The van der Waals surface area contributed by atoms with E-state index < -0.39 is 0 Å². The zero-order chi connectivity index (χ0) is 21.1. The molecule has 30 heavy (non-hydrogen) atoms. The number of nitrogens with one attached hydrogen (secondary N) is 1. The van der Waals surface area contributed by atoms with Crippen LogP contribution in [0.4, 0.5) is 0 Å². The number of furan rings is 1. The van der Waals surface area contributed by atoms with E-state index in [4.69, 9.17) is 13.7 Å². The molecule has 1 N–H and O–H groups in total. The van der Waals surface area contributed by atoms with Crippen LogP contribution in [0.3, 0.4) is 0 Å². The molecule has 0 radical (unpaired) electrons. The van der Waals surface area contributed by atoms with Crippen molar-refractivity contribution in [3.05, 3.63) is 82.4 Å². The van der Waals surface area contributed by atoms with Crippen LogP contribution in [-0.4, -0.2) is 17.6 Å². The molecule has 0 spiro atoms. The van der Waals surface area contributed by atoms with Crippen molar-refractivity contribution in [2.24, 2.45) is 0 Å². The Morgan fingerprint density at radius 2 is 1.87 bits per heavy atom. The van der Waals surface area contributed by atoms with Gasteiger partial charge in [0.05, 0.1) is 11.3 Å². The number of carbonyl (C=O) groups is 1. The second-order valence-corrected chi connectivity index (χ2v) is 7.27. The third kappa shape index (κ3) is 4.08. The SMILES string of the molecule is Cc1noc(C)c1CCNC(=O)c1c(C)oc2ccc(OCc3ccccc3)cc12. The summed E-state index contributed by atoms with van der Waals surface area (Å²) in [6, 6.07) is 15.5. The molecule has 0 atom stereocenters. The van der Waals surface area contributed by atoms with Gasteiger partial charge in [-0.15, -0.1) is 0 Å². The number of hydrogen-bond acceptors (Lipinski definition) is 5. The molecular formula is C24H24N2O4. The molecular weight excluding hydrogens is 380 g/mol. The van der Waals surface area contributed by atoms with Crippen molar-refractivity contribution in [3.63, 3.8) is 0 Å². The van der Waals surface area contributed by atoms with E-state index in [0.29, 0.717) is 42.2 Å². The smallest absolute Gasteiger partial charge is 0.255 e. The minimum absolute atomic E-state index is 0.168. The van der Waals surface area contributed by atoms with Crippen LogP contribution in [0, 0.1) is 20.8 Å². The fraction of sp³-hybridized carbons (Fsp3) is 0.250. The maximum atomic E-state index is 12.9. The van der Waals surface area contributed by atoms with Crippen LogP contribution >= 0.6 is 0 Å². The van der Waals surface area contributed by atoms with Gasteiger partial charge in [0.15, 0.2) is 0 Å². The van der Waals surface area contributed by atoms with Crippen LogP contribution in [0.5, 0.6) is 5.75 Å². The lowest BCUT2D eigenvalue weighted by molar-refractivity contribution is 0.0954. The van der Waals surface area contributed by atoms with Crippen LogP contribution in [0.1, 0.15) is 38.7 Å². The van der Waals surface area contributed by atoms with Gasteiger partial charge in [0.2, 0.25) is 0 Å². The van der Waals surface area contributed by atoms with Crippen LogP contribution < -0.4 is 10.1 Å². The topological polar surface area (TPSA) is 77.5 Å². The first-order chi connectivity index (χ1) is 14.5. The summed E-state index contributed by atoms with van der Waals surface area (Å²) < 4.78 is 16.9. The van der Waals surface area contributed by atoms with Crippen molar-refractivity contribution in [2.45, 2.75) is 33.8 Å². The molecule has 0 aliphatic carbocycles. The Bertz CT molecular complexity index is 1160. The highest BCUT2D eigenvalue weighted by Crippen LogP contribution is 2.29. The Hall–Kier alpha value is -3.54. The molecule has 0 aliphatic heterocycles. The Morgan fingerprint density at radius 1 is 1.07 bits per heavy atom. The minimum atomic E-state index is -0.168. The monoisotopic (exact) mass is 404 g/mol. The Labute approximate surface area is 174 Å². The number of aryl methyl sites for hydroxylation is 3. The van der Waals surface area contributed by atoms with Gasteiger partial charge in [-0.05, 0) is 51.0 Å². The number of fused-ring (bicyclic) bond motifs is 1. The summed E-state index contributed by atoms with van der Waals surface area (Å²) in [4.78, 5) is 12.9. The lowest BCUT2D eigenvalue weighted by atomic mass is 10.1. The van der Waals surface area contributed by atoms with Crippen LogP contribution in [0.25, 0.3) is 11.0 Å². The van der Waals surface area contributed by atoms with Gasteiger partial charge >= 0.3 is 0 Å². The lowest BCUT2D eigenvalue weighted by Crippen LogP contribution is -2.26. The zero-order valence-corrected chi connectivity index (χ0v) is 17.3. The maximum absolute atomic E-state index is 12.9. The van der Waals surface area contributed by atoms with Crippen LogP contribution in [0.15, 0.2) is 57.5 Å². The summed E-state index contributed by atoms with van der Waals surface area (Å²) in [5.74, 6) is 1.89. The van der Waals surface area contributed by atoms with E-state index in [2.05, 4.69) is 10.5 Å². The Morgan fingerprint density at radius 3 is 2.60 bits per heavy atom. The summed E-state index contributed by atoms with van der Waals surface area (Å²) in [5, 5.41) is 7.67. The molecule has 2 heterocycles. The first-order valence-electron chi connectivity index (χ1n) is 9.92. The number of nitrogens with zero attached hydrogens (tertiary/aromatic N) is 1. The minimum Gasteiger partial charge on any atom is -0.489 e. The average molecular weight is 404 g/mol. The van der Waals surface area contributed by atoms with Crippen molar-refractivity contribution < 1.29 is 18.5 Å². The van der Waals surface area contributed by atoms with Gasteiger partial charge in [-0.2, -0.15) is 0 Å². The third-order valence-corrected chi connectivity index (χ3v) is 5.15. The molecule has 0 saturated carbocycles. The van der Waals surface area contributed by atoms with Crippen molar-refractivity contribution in [2.75, 3.05) is 6.54 Å². The zero-order valence-electron chi connectivity index (χ0n) is 17.3. The average Bonchev–Trinajstić information content (AvgIpc) is 3.25. The summed E-state index contributed by atoms with van der Waals surface area (Å²) in [6.45, 7) is 6.52. The quantitative estimate of drug-likeness (QED) is 0.474. The molecule has 0 saturated heterocycles. The van der Waals surface area contributed by atoms with E-state index in [0.717, 1.165) is 28.0 Å². The highest BCUT2D eigenvalue weighted by molar-refractivity contribution is 6.07. The largest absolute Gasteiger partial charge is 0.489 e. The maximum Gasteiger partial charge on any atom is 0.255 e. The van der Waals surface area contributed by atoms with Crippen molar-refractivity contribution in [1.82, 2.24) is 10.5 Å². The van der Waals surface area contributed by atoms with E-state index in [1.165, 1.54) is 0 Å². The highest BCUT2D eigenvalue weighted by atomic mass is 16.5. The summed E-state index contributed by atoms with van der Waals surface area (Å²) >= 11 is 0. The van der Waals surface area contributed by atoms with Gasteiger partial charge in [-0.1, -0.05) is 35.5 Å². The molecule has 6 nitrogen and oxygen atoms in total. The number of rotatable bonds is 7. The summed E-state index contributed by atoms with van der Waals surface area (Å²) in [6.07, 6.45) is 0.660. The molecule has 4 rings (SSSR count). The molecule has 154 valence electrons. The molecule has 2 aromatic carbocycles. The summed E-state index contributed by atoms with van der Waals surface area (Å²) in [7, 11) is 0. The van der Waals surface area contributed by atoms with Gasteiger partial charge in [-0.25, -0.2) is 0 Å². The van der Waals surface area contributed by atoms with Crippen LogP contribution in [-0.2, 0) is 13.0 Å². The number of benzene rings is 2. The number of carbonyl (C=O) groups excluding carboxylic acids is 1. The van der Waals surface area contributed by atoms with Gasteiger partial charge in [0.25, 0.3) is 5.91 Å². The van der Waals surface area contributed by atoms with Gasteiger partial charge in [0, 0.05) is 17.5 Å². The molecule has 0 bridgehead atoms. The molecule has 0 unspecified atom stereocenters. The summed E-state index contributed by atoms with van der Waals surface area (Å²) in [5.41, 5.74) is 4.16. The number of ether oxygens (including phenoxy) is 1. The second-order valence-electron chi connectivity index (χ2n) is 7.27. The van der Waals surface area contributed by atoms with E-state index >= 15 is 0 Å². The van der Waals surface area contributed by atoms with Gasteiger partial charge < -0.3 is 19.0 Å². The van der Waals surface area contributed by atoms with E-state index in [9.17, 15) is 4.79 Å². The van der Waals surface area contributed by atoms with Crippen molar-refractivity contribution >= 4 is 16.9 Å². The van der Waals surface area contributed by atoms with Gasteiger partial charge in [0.1, 0.15) is 29.5 Å². The molecule has 1 amide bonds. The molecule has 0 fully saturated rings. The van der Waals surface area contributed by atoms with Gasteiger partial charge in [-0.3, -0.25) is 4.79 Å².